The smallest absolute Gasteiger partial charge is 0.348 e. The first-order valence-corrected chi connectivity index (χ1v) is 14.3. The van der Waals surface area contributed by atoms with Gasteiger partial charge in [-0.2, -0.15) is 4.98 Å². The van der Waals surface area contributed by atoms with Crippen molar-refractivity contribution in [2.24, 2.45) is 4.99 Å². The number of carbonyl (C=O) groups excluding carboxylic acids is 1. The highest BCUT2D eigenvalue weighted by atomic mass is 16.5. The van der Waals surface area contributed by atoms with Crippen molar-refractivity contribution in [2.75, 3.05) is 20.3 Å². The van der Waals surface area contributed by atoms with Gasteiger partial charge in [0, 0.05) is 36.3 Å². The fourth-order valence-electron chi connectivity index (χ4n) is 5.78. The van der Waals surface area contributed by atoms with Gasteiger partial charge in [0.1, 0.15) is 0 Å². The number of aryl methyl sites for hydroxylation is 2. The van der Waals surface area contributed by atoms with Gasteiger partial charge in [-0.05, 0) is 57.2 Å². The van der Waals surface area contributed by atoms with E-state index in [2.05, 4.69) is 23.0 Å². The fourth-order valence-corrected chi connectivity index (χ4v) is 5.78. The number of nitrogens with zero attached hydrogens (tertiary/aromatic N) is 4. The van der Waals surface area contributed by atoms with E-state index in [0.29, 0.717) is 35.9 Å². The van der Waals surface area contributed by atoms with Crippen LogP contribution < -0.4 is 15.2 Å². The SMILES string of the molecule is COc1cc2c(cc1OCCCCCn1c(=O)nc(-c3ccccc3)c3cc(C)ccc31)N=C[C@@H]1CCCN1C2=O. The van der Waals surface area contributed by atoms with Crippen LogP contribution in [0.15, 0.2) is 70.5 Å². The van der Waals surface area contributed by atoms with Gasteiger partial charge in [0.25, 0.3) is 5.91 Å². The molecular formula is C33H34N4O4. The molecule has 0 unspecified atom stereocenters. The topological polar surface area (TPSA) is 86.0 Å². The monoisotopic (exact) mass is 550 g/mol. The average Bonchev–Trinajstić information content (AvgIpc) is 3.42. The van der Waals surface area contributed by atoms with Crippen molar-refractivity contribution in [2.45, 2.75) is 51.6 Å². The normalized spacial score (nSPS) is 16.0. The maximum absolute atomic E-state index is 13.1. The van der Waals surface area contributed by atoms with Gasteiger partial charge in [0.2, 0.25) is 0 Å². The number of aliphatic imine (C=N–C) groups is 1. The van der Waals surface area contributed by atoms with Gasteiger partial charge in [0.15, 0.2) is 11.5 Å². The van der Waals surface area contributed by atoms with E-state index in [0.717, 1.165) is 66.4 Å². The number of methoxy groups -OCH3 is 1. The van der Waals surface area contributed by atoms with Crippen LogP contribution in [0, 0.1) is 6.92 Å². The predicted octanol–water partition coefficient (Wildman–Crippen LogP) is 5.95. The van der Waals surface area contributed by atoms with Crippen molar-refractivity contribution in [3.8, 4) is 22.8 Å². The van der Waals surface area contributed by atoms with Gasteiger partial charge in [-0.25, -0.2) is 4.79 Å². The molecule has 0 spiro atoms. The molecule has 8 nitrogen and oxygen atoms in total. The number of ether oxygens (including phenoxy) is 2. The van der Waals surface area contributed by atoms with Crippen LogP contribution in [-0.4, -0.2) is 52.9 Å². The number of aromatic nitrogens is 2. The summed E-state index contributed by atoms with van der Waals surface area (Å²) in [5.74, 6) is 1.11. The molecule has 8 heteroatoms. The van der Waals surface area contributed by atoms with Gasteiger partial charge >= 0.3 is 5.69 Å². The second-order valence-corrected chi connectivity index (χ2v) is 10.7. The number of carbonyl (C=O) groups is 1. The zero-order chi connectivity index (χ0) is 28.3. The fraction of sp³-hybridized carbons (Fsp3) is 0.333. The summed E-state index contributed by atoms with van der Waals surface area (Å²) in [7, 11) is 1.58. The van der Waals surface area contributed by atoms with E-state index in [1.165, 1.54) is 0 Å². The first-order chi connectivity index (χ1) is 20.0. The summed E-state index contributed by atoms with van der Waals surface area (Å²) < 4.78 is 13.4. The minimum absolute atomic E-state index is 0.00549. The number of unbranched alkanes of at least 4 members (excludes halogenated alkanes) is 2. The Labute approximate surface area is 239 Å². The Hall–Kier alpha value is -4.46. The molecule has 1 amide bonds. The first kappa shape index (κ1) is 26.7. The van der Waals surface area contributed by atoms with Gasteiger partial charge < -0.3 is 14.4 Å². The van der Waals surface area contributed by atoms with Crippen molar-refractivity contribution in [3.63, 3.8) is 0 Å². The molecule has 41 heavy (non-hydrogen) atoms. The largest absolute Gasteiger partial charge is 0.493 e. The third kappa shape index (κ3) is 5.34. The highest BCUT2D eigenvalue weighted by molar-refractivity contribution is 6.03. The number of benzene rings is 3. The van der Waals surface area contributed by atoms with Gasteiger partial charge in [-0.1, -0.05) is 42.0 Å². The molecule has 0 saturated carbocycles. The number of hydrogen-bond donors (Lipinski definition) is 0. The van der Waals surface area contributed by atoms with Crippen LogP contribution in [0.3, 0.4) is 0 Å². The lowest BCUT2D eigenvalue weighted by atomic mass is 10.0. The third-order valence-corrected chi connectivity index (χ3v) is 7.93. The van der Waals surface area contributed by atoms with Crippen molar-refractivity contribution in [3.05, 3.63) is 82.3 Å². The van der Waals surface area contributed by atoms with Crippen LogP contribution in [0.1, 0.15) is 48.0 Å². The van der Waals surface area contributed by atoms with E-state index in [9.17, 15) is 9.59 Å². The minimum Gasteiger partial charge on any atom is -0.493 e. The molecule has 2 aliphatic rings. The van der Waals surface area contributed by atoms with E-state index in [1.807, 2.05) is 53.6 Å². The van der Waals surface area contributed by atoms with Crippen molar-refractivity contribution in [1.29, 1.82) is 0 Å². The molecule has 1 saturated heterocycles. The van der Waals surface area contributed by atoms with Crippen LogP contribution in [0.5, 0.6) is 11.5 Å². The summed E-state index contributed by atoms with van der Waals surface area (Å²) in [6.07, 6.45) is 6.31. The third-order valence-electron chi connectivity index (χ3n) is 7.93. The highest BCUT2D eigenvalue weighted by Gasteiger charge is 2.32. The van der Waals surface area contributed by atoms with Crippen LogP contribution in [0.4, 0.5) is 5.69 Å². The number of rotatable bonds is 9. The van der Waals surface area contributed by atoms with Gasteiger partial charge in [-0.3, -0.25) is 14.4 Å². The Kier molecular flexibility index (Phi) is 7.55. The quantitative estimate of drug-likeness (QED) is 0.240. The lowest BCUT2D eigenvalue weighted by Crippen LogP contribution is -2.35. The molecule has 0 bridgehead atoms. The van der Waals surface area contributed by atoms with Gasteiger partial charge in [0.05, 0.1) is 42.2 Å². The molecular weight excluding hydrogens is 516 g/mol. The lowest BCUT2D eigenvalue weighted by Gasteiger charge is -2.20. The Balaban J connectivity index is 1.11. The Bertz CT molecular complexity index is 1680. The summed E-state index contributed by atoms with van der Waals surface area (Å²) in [5, 5.41) is 0.982. The molecule has 1 aromatic heterocycles. The second kappa shape index (κ2) is 11.6. The van der Waals surface area contributed by atoms with Crippen LogP contribution in [-0.2, 0) is 6.54 Å². The Morgan fingerprint density at radius 2 is 1.83 bits per heavy atom. The summed E-state index contributed by atoms with van der Waals surface area (Å²) in [4.78, 5) is 37.1. The zero-order valence-electron chi connectivity index (χ0n) is 23.5. The standard InChI is InChI=1S/C33H34N4O4/c1-22-13-14-28-26(18-22)31(23-10-5-3-6-11-23)35-33(39)37(28)15-7-4-8-17-41-30-20-27-25(19-29(30)40-2)32(38)36-16-9-12-24(36)21-34-27/h3,5-6,10-11,13-14,18-21,24H,4,7-9,12,15-17H2,1-2H3/t24-/m0/s1. The average molecular weight is 551 g/mol. The molecule has 6 rings (SSSR count). The molecule has 0 N–H and O–H groups in total. The van der Waals surface area contributed by atoms with Crippen LogP contribution >= 0.6 is 0 Å². The summed E-state index contributed by atoms with van der Waals surface area (Å²) in [5.41, 5.74) is 4.62. The summed E-state index contributed by atoms with van der Waals surface area (Å²) in [6, 6.07) is 19.6. The summed E-state index contributed by atoms with van der Waals surface area (Å²) >= 11 is 0. The van der Waals surface area contributed by atoms with Crippen molar-refractivity contribution >= 4 is 28.7 Å². The summed E-state index contributed by atoms with van der Waals surface area (Å²) in [6.45, 7) is 3.87. The molecule has 3 aromatic carbocycles. The highest BCUT2D eigenvalue weighted by Crippen LogP contribution is 2.38. The van der Waals surface area contributed by atoms with E-state index < -0.39 is 0 Å². The number of hydrogen-bond acceptors (Lipinski definition) is 6. The molecule has 4 aromatic rings. The Morgan fingerprint density at radius 1 is 0.976 bits per heavy atom. The van der Waals surface area contributed by atoms with E-state index in [1.54, 1.807) is 23.8 Å². The molecule has 0 radical (unpaired) electrons. The molecule has 1 fully saturated rings. The minimum atomic E-state index is -0.235. The van der Waals surface area contributed by atoms with Gasteiger partial charge in [-0.15, -0.1) is 0 Å². The van der Waals surface area contributed by atoms with Crippen molar-refractivity contribution < 1.29 is 14.3 Å². The van der Waals surface area contributed by atoms with Crippen LogP contribution in [0.25, 0.3) is 22.2 Å². The van der Waals surface area contributed by atoms with Crippen molar-refractivity contribution in [1.82, 2.24) is 14.5 Å². The molecule has 2 aliphatic heterocycles. The van der Waals surface area contributed by atoms with E-state index in [4.69, 9.17) is 9.47 Å². The molecule has 3 heterocycles. The first-order valence-electron chi connectivity index (χ1n) is 14.3. The second-order valence-electron chi connectivity index (χ2n) is 10.7. The lowest BCUT2D eigenvalue weighted by molar-refractivity contribution is 0.0774. The molecule has 0 aliphatic carbocycles. The predicted molar refractivity (Wildman–Crippen MR) is 161 cm³/mol. The maximum Gasteiger partial charge on any atom is 0.348 e. The molecule has 210 valence electrons. The van der Waals surface area contributed by atoms with E-state index >= 15 is 0 Å². The Morgan fingerprint density at radius 3 is 2.66 bits per heavy atom. The number of amides is 1. The number of fused-ring (bicyclic) bond motifs is 3. The van der Waals surface area contributed by atoms with E-state index in [-0.39, 0.29) is 17.6 Å². The molecule has 1 atom stereocenters. The zero-order valence-corrected chi connectivity index (χ0v) is 23.5. The maximum atomic E-state index is 13.1. The van der Waals surface area contributed by atoms with Crippen LogP contribution in [0.2, 0.25) is 0 Å².